The number of nitrogen functional groups attached to an aromatic ring is 1. The van der Waals surface area contributed by atoms with Gasteiger partial charge in [-0.05, 0) is 32.4 Å². The summed E-state index contributed by atoms with van der Waals surface area (Å²) in [5.74, 6) is 1.07. The predicted molar refractivity (Wildman–Crippen MR) is 76.0 cm³/mol. The summed E-state index contributed by atoms with van der Waals surface area (Å²) in [7, 11) is 0. The van der Waals surface area contributed by atoms with Crippen molar-refractivity contribution in [1.29, 1.82) is 0 Å². The molecule has 0 saturated carbocycles. The summed E-state index contributed by atoms with van der Waals surface area (Å²) < 4.78 is 5.62. The van der Waals surface area contributed by atoms with Crippen molar-refractivity contribution in [3.63, 3.8) is 0 Å². The highest BCUT2D eigenvalue weighted by molar-refractivity contribution is 5.79. The van der Waals surface area contributed by atoms with E-state index < -0.39 is 0 Å². The number of nitrogens with two attached hydrogens (primary N) is 1. The van der Waals surface area contributed by atoms with E-state index >= 15 is 0 Å². The van der Waals surface area contributed by atoms with Gasteiger partial charge in [0.25, 0.3) is 0 Å². The van der Waals surface area contributed by atoms with E-state index in [9.17, 15) is 0 Å². The highest BCUT2D eigenvalue weighted by Gasteiger charge is 2.37. The van der Waals surface area contributed by atoms with Crippen LogP contribution in [0.2, 0.25) is 0 Å². The van der Waals surface area contributed by atoms with E-state index in [2.05, 4.69) is 29.1 Å². The zero-order valence-electron chi connectivity index (χ0n) is 11.2. The van der Waals surface area contributed by atoms with Crippen molar-refractivity contribution in [3.8, 4) is 0 Å². The maximum Gasteiger partial charge on any atom is 0.170 e. The molecule has 2 heterocycles. The molecule has 5 heteroatoms. The van der Waals surface area contributed by atoms with Crippen molar-refractivity contribution < 1.29 is 4.74 Å². The molecular formula is C14H18N4O. The molecule has 2 unspecified atom stereocenters. The van der Waals surface area contributed by atoms with Crippen LogP contribution in [0.3, 0.4) is 0 Å². The van der Waals surface area contributed by atoms with Gasteiger partial charge in [-0.15, -0.1) is 0 Å². The predicted octanol–water partition coefficient (Wildman–Crippen LogP) is 2.19. The number of nitrogens with zero attached hydrogens (tertiary/aromatic N) is 2. The van der Waals surface area contributed by atoms with E-state index in [1.54, 1.807) is 0 Å². The molecule has 2 aromatic rings. The van der Waals surface area contributed by atoms with E-state index in [-0.39, 0.29) is 11.6 Å². The number of anilines is 2. The Labute approximate surface area is 112 Å². The van der Waals surface area contributed by atoms with Gasteiger partial charge in [0.05, 0.1) is 22.7 Å². The minimum Gasteiger partial charge on any atom is -0.381 e. The van der Waals surface area contributed by atoms with Crippen molar-refractivity contribution in [2.45, 2.75) is 31.9 Å². The Morgan fingerprint density at radius 3 is 2.63 bits per heavy atom. The first-order chi connectivity index (χ1) is 9.08. The molecule has 5 nitrogen and oxygen atoms in total. The van der Waals surface area contributed by atoms with Crippen LogP contribution in [0, 0.1) is 0 Å². The fraction of sp³-hybridized carbons (Fsp3) is 0.429. The third-order valence-corrected chi connectivity index (χ3v) is 3.89. The smallest absolute Gasteiger partial charge is 0.170 e. The van der Waals surface area contributed by atoms with E-state index in [0.717, 1.165) is 24.1 Å². The third-order valence-electron chi connectivity index (χ3n) is 3.89. The number of rotatable bonds is 2. The molecule has 1 aliphatic heterocycles. The summed E-state index contributed by atoms with van der Waals surface area (Å²) in [6.07, 6.45) is 1.06. The van der Waals surface area contributed by atoms with E-state index in [1.165, 1.54) is 0 Å². The second kappa shape index (κ2) is 4.35. The van der Waals surface area contributed by atoms with Crippen LogP contribution in [0.25, 0.3) is 11.0 Å². The average molecular weight is 258 g/mol. The topological polar surface area (TPSA) is 73.1 Å². The molecule has 1 aromatic carbocycles. The third kappa shape index (κ3) is 2.10. The fourth-order valence-corrected chi connectivity index (χ4v) is 2.38. The van der Waals surface area contributed by atoms with Crippen molar-refractivity contribution in [1.82, 2.24) is 9.97 Å². The fourth-order valence-electron chi connectivity index (χ4n) is 2.38. The Kier molecular flexibility index (Phi) is 2.78. The van der Waals surface area contributed by atoms with Gasteiger partial charge in [-0.1, -0.05) is 12.1 Å². The van der Waals surface area contributed by atoms with Gasteiger partial charge >= 0.3 is 0 Å². The molecule has 1 saturated heterocycles. The van der Waals surface area contributed by atoms with Crippen LogP contribution in [-0.2, 0) is 4.74 Å². The number of ether oxygens (including phenoxy) is 1. The molecule has 19 heavy (non-hydrogen) atoms. The monoisotopic (exact) mass is 258 g/mol. The van der Waals surface area contributed by atoms with Gasteiger partial charge in [0.2, 0.25) is 0 Å². The molecular weight excluding hydrogens is 240 g/mol. The number of hydrogen-bond donors (Lipinski definition) is 2. The lowest BCUT2D eigenvalue weighted by molar-refractivity contribution is 0.105. The van der Waals surface area contributed by atoms with Crippen molar-refractivity contribution in [2.75, 3.05) is 17.7 Å². The minimum atomic E-state index is -0.148. The summed E-state index contributed by atoms with van der Waals surface area (Å²) in [5, 5.41) is 3.40. The van der Waals surface area contributed by atoms with Crippen LogP contribution in [0.1, 0.15) is 20.3 Å². The molecule has 1 aliphatic rings. The van der Waals surface area contributed by atoms with Crippen LogP contribution in [0.5, 0.6) is 0 Å². The normalized spacial score (nSPS) is 26.7. The number of aromatic nitrogens is 2. The van der Waals surface area contributed by atoms with Crippen LogP contribution in [-0.4, -0.2) is 28.2 Å². The van der Waals surface area contributed by atoms with Crippen LogP contribution in [0.4, 0.5) is 11.6 Å². The Hall–Kier alpha value is -1.88. The van der Waals surface area contributed by atoms with Gasteiger partial charge in [-0.25, -0.2) is 9.97 Å². The second-order valence-electron chi connectivity index (χ2n) is 5.25. The first kappa shape index (κ1) is 12.2. The summed E-state index contributed by atoms with van der Waals surface area (Å²) in [4.78, 5) is 8.95. The zero-order valence-corrected chi connectivity index (χ0v) is 11.2. The zero-order chi connectivity index (χ0) is 13.5. The summed E-state index contributed by atoms with van der Waals surface area (Å²) >= 11 is 0. The van der Waals surface area contributed by atoms with Crippen LogP contribution < -0.4 is 11.1 Å². The van der Waals surface area contributed by atoms with Gasteiger partial charge in [-0.2, -0.15) is 0 Å². The molecule has 0 aliphatic carbocycles. The Morgan fingerprint density at radius 2 is 2.00 bits per heavy atom. The Balaban J connectivity index is 1.98. The Bertz CT molecular complexity index is 615. The Morgan fingerprint density at radius 1 is 1.32 bits per heavy atom. The first-order valence-corrected chi connectivity index (χ1v) is 6.50. The van der Waals surface area contributed by atoms with E-state index in [1.807, 2.05) is 24.3 Å². The quantitative estimate of drug-likeness (QED) is 0.863. The summed E-state index contributed by atoms with van der Waals surface area (Å²) in [5.41, 5.74) is 7.50. The van der Waals surface area contributed by atoms with Gasteiger partial charge in [0.15, 0.2) is 11.6 Å². The van der Waals surface area contributed by atoms with Gasteiger partial charge in [0, 0.05) is 6.61 Å². The van der Waals surface area contributed by atoms with E-state index in [4.69, 9.17) is 10.5 Å². The lowest BCUT2D eigenvalue weighted by Crippen LogP contribution is -2.41. The standard InChI is InChI=1S/C14H18N4O/c1-9-14(2,7-8-19-9)18-13-12(15)16-10-5-3-4-6-11(10)17-13/h3-6,9H,7-8H2,1-2H3,(H2,15,16)(H,17,18). The molecule has 3 N–H and O–H groups in total. The minimum absolute atomic E-state index is 0.125. The van der Waals surface area contributed by atoms with E-state index in [0.29, 0.717) is 11.6 Å². The molecule has 1 aromatic heterocycles. The highest BCUT2D eigenvalue weighted by atomic mass is 16.5. The summed E-state index contributed by atoms with van der Waals surface area (Å²) in [6, 6.07) is 7.72. The van der Waals surface area contributed by atoms with Crippen molar-refractivity contribution >= 4 is 22.7 Å². The maximum absolute atomic E-state index is 5.99. The first-order valence-electron chi connectivity index (χ1n) is 6.50. The molecule has 0 radical (unpaired) electrons. The second-order valence-corrected chi connectivity index (χ2v) is 5.25. The maximum atomic E-state index is 5.99. The number of hydrogen-bond acceptors (Lipinski definition) is 5. The van der Waals surface area contributed by atoms with Crippen molar-refractivity contribution in [2.24, 2.45) is 0 Å². The molecule has 0 spiro atoms. The molecule has 0 bridgehead atoms. The van der Waals surface area contributed by atoms with Gasteiger partial charge in [0.1, 0.15) is 0 Å². The van der Waals surface area contributed by atoms with Crippen molar-refractivity contribution in [3.05, 3.63) is 24.3 Å². The summed E-state index contributed by atoms with van der Waals surface area (Å²) in [6.45, 7) is 4.94. The van der Waals surface area contributed by atoms with Crippen LogP contribution in [0.15, 0.2) is 24.3 Å². The lowest BCUT2D eigenvalue weighted by Gasteiger charge is -2.29. The number of para-hydroxylation sites is 2. The van der Waals surface area contributed by atoms with Gasteiger partial charge < -0.3 is 15.8 Å². The molecule has 100 valence electrons. The molecule has 1 fully saturated rings. The average Bonchev–Trinajstić information content (AvgIpc) is 2.70. The number of fused-ring (bicyclic) bond motifs is 1. The SMILES string of the molecule is CC1OCCC1(C)Nc1nc2ccccc2nc1N. The number of nitrogens with one attached hydrogen (secondary N) is 1. The molecule has 3 rings (SSSR count). The van der Waals surface area contributed by atoms with Gasteiger partial charge in [-0.3, -0.25) is 0 Å². The largest absolute Gasteiger partial charge is 0.381 e. The van der Waals surface area contributed by atoms with Crippen LogP contribution >= 0.6 is 0 Å². The number of benzene rings is 1. The highest BCUT2D eigenvalue weighted by Crippen LogP contribution is 2.31. The molecule has 2 atom stereocenters. The lowest BCUT2D eigenvalue weighted by atomic mass is 9.95. The molecule has 0 amide bonds.